The first-order chi connectivity index (χ1) is 8.48. The third-order valence-corrected chi connectivity index (χ3v) is 2.90. The van der Waals surface area contributed by atoms with Crippen molar-refractivity contribution in [1.82, 2.24) is 0 Å². The molecule has 114 valence electrons. The van der Waals surface area contributed by atoms with Crippen LogP contribution in [0.5, 0.6) is 0 Å². The molecule has 0 aromatic carbocycles. The number of hydrogen-bond acceptors (Lipinski definition) is 4. The van der Waals surface area contributed by atoms with Crippen molar-refractivity contribution in [2.24, 2.45) is 0 Å². The van der Waals surface area contributed by atoms with E-state index in [0.29, 0.717) is 13.0 Å². The predicted octanol–water partition coefficient (Wildman–Crippen LogP) is 2.52. The second kappa shape index (κ2) is 6.08. The highest BCUT2D eigenvalue weighted by atomic mass is 16.6. The minimum atomic E-state index is -0.503. The van der Waals surface area contributed by atoms with Crippen molar-refractivity contribution in [2.75, 3.05) is 6.61 Å². The Morgan fingerprint density at radius 2 is 1.68 bits per heavy atom. The second-order valence-corrected chi connectivity index (χ2v) is 7.41. The van der Waals surface area contributed by atoms with Crippen LogP contribution in [-0.4, -0.2) is 47.3 Å². The summed E-state index contributed by atoms with van der Waals surface area (Å²) in [4.78, 5) is 0. The summed E-state index contributed by atoms with van der Waals surface area (Å²) in [5, 5.41) is 10.2. The van der Waals surface area contributed by atoms with Crippen LogP contribution in [0.2, 0.25) is 0 Å². The maximum Gasteiger partial charge on any atom is 0.113 e. The van der Waals surface area contributed by atoms with Gasteiger partial charge in [0.1, 0.15) is 12.2 Å². The van der Waals surface area contributed by atoms with Crippen LogP contribution in [0.3, 0.4) is 0 Å². The van der Waals surface area contributed by atoms with Gasteiger partial charge in [-0.25, -0.2) is 0 Å². The molecule has 4 atom stereocenters. The minimum absolute atomic E-state index is 0.0309. The largest absolute Gasteiger partial charge is 0.390 e. The summed E-state index contributed by atoms with van der Waals surface area (Å²) >= 11 is 0. The first kappa shape index (κ1) is 16.9. The van der Waals surface area contributed by atoms with Crippen molar-refractivity contribution in [1.29, 1.82) is 0 Å². The molecule has 1 fully saturated rings. The zero-order chi connectivity index (χ0) is 14.8. The van der Waals surface area contributed by atoms with Crippen molar-refractivity contribution in [3.05, 3.63) is 0 Å². The molecule has 1 unspecified atom stereocenters. The van der Waals surface area contributed by atoms with Gasteiger partial charge in [-0.3, -0.25) is 0 Å². The lowest BCUT2D eigenvalue weighted by molar-refractivity contribution is -0.231. The maximum absolute atomic E-state index is 10.2. The number of rotatable bonds is 3. The van der Waals surface area contributed by atoms with Crippen LogP contribution in [0.4, 0.5) is 0 Å². The number of hydrogen-bond donors (Lipinski definition) is 1. The molecule has 4 heteroatoms. The fourth-order valence-electron chi connectivity index (χ4n) is 2.18. The van der Waals surface area contributed by atoms with Gasteiger partial charge in [0, 0.05) is 6.42 Å². The molecule has 0 aromatic heterocycles. The molecule has 1 N–H and O–H groups in total. The first-order valence-electron chi connectivity index (χ1n) is 7.13. The topological polar surface area (TPSA) is 47.9 Å². The lowest BCUT2D eigenvalue weighted by Crippen LogP contribution is -2.53. The zero-order valence-electron chi connectivity index (χ0n) is 13.4. The molecular weight excluding hydrogens is 244 g/mol. The van der Waals surface area contributed by atoms with Crippen LogP contribution in [0, 0.1) is 0 Å². The standard InChI is InChI=1S/C15H30O4/c1-10-8-11(16)13(19-15(5,6)7)12(18-10)9-17-14(2,3)4/h10-13,16H,8-9H2,1-7H3/t10?,11-,12+,13+/m0/s1. The summed E-state index contributed by atoms with van der Waals surface area (Å²) in [6.07, 6.45) is -0.428. The molecule has 0 bridgehead atoms. The highest BCUT2D eigenvalue weighted by Crippen LogP contribution is 2.27. The highest BCUT2D eigenvalue weighted by molar-refractivity contribution is 4.87. The molecule has 1 aliphatic heterocycles. The monoisotopic (exact) mass is 274 g/mol. The molecular formula is C15H30O4. The van der Waals surface area contributed by atoms with Crippen molar-refractivity contribution in [2.45, 2.75) is 90.5 Å². The lowest BCUT2D eigenvalue weighted by Gasteiger charge is -2.42. The van der Waals surface area contributed by atoms with E-state index in [1.165, 1.54) is 0 Å². The van der Waals surface area contributed by atoms with Gasteiger partial charge in [-0.1, -0.05) is 0 Å². The fraction of sp³-hybridized carbons (Fsp3) is 1.00. The van der Waals surface area contributed by atoms with Crippen LogP contribution < -0.4 is 0 Å². The molecule has 1 rings (SSSR count). The average Bonchev–Trinajstić information content (AvgIpc) is 2.16. The van der Waals surface area contributed by atoms with Gasteiger partial charge in [0.25, 0.3) is 0 Å². The highest BCUT2D eigenvalue weighted by Gasteiger charge is 2.40. The van der Waals surface area contributed by atoms with Crippen LogP contribution in [0.15, 0.2) is 0 Å². The maximum atomic E-state index is 10.2. The lowest BCUT2D eigenvalue weighted by atomic mass is 9.97. The Morgan fingerprint density at radius 3 is 2.16 bits per heavy atom. The van der Waals surface area contributed by atoms with Gasteiger partial charge in [-0.05, 0) is 48.5 Å². The third-order valence-electron chi connectivity index (χ3n) is 2.90. The van der Waals surface area contributed by atoms with Gasteiger partial charge in [-0.2, -0.15) is 0 Å². The van der Waals surface area contributed by atoms with Crippen molar-refractivity contribution in [3.8, 4) is 0 Å². The summed E-state index contributed by atoms with van der Waals surface area (Å²) in [6, 6.07) is 0. The van der Waals surface area contributed by atoms with E-state index in [0.717, 1.165) is 0 Å². The number of ether oxygens (including phenoxy) is 3. The molecule has 4 nitrogen and oxygen atoms in total. The Bertz CT molecular complexity index is 277. The summed E-state index contributed by atoms with van der Waals surface area (Å²) < 4.78 is 17.7. The summed E-state index contributed by atoms with van der Waals surface area (Å²) in [6.45, 7) is 14.4. The Hall–Kier alpha value is -0.160. The summed E-state index contributed by atoms with van der Waals surface area (Å²) in [5.74, 6) is 0. The smallest absolute Gasteiger partial charge is 0.113 e. The van der Waals surface area contributed by atoms with E-state index in [4.69, 9.17) is 14.2 Å². The zero-order valence-corrected chi connectivity index (χ0v) is 13.4. The summed E-state index contributed by atoms with van der Waals surface area (Å²) in [5.41, 5.74) is -0.531. The van der Waals surface area contributed by atoms with Crippen LogP contribution in [-0.2, 0) is 14.2 Å². The SMILES string of the molecule is CC1C[C@H](O)[C@@H](OC(C)(C)C)[C@@H](COC(C)(C)C)O1. The van der Waals surface area contributed by atoms with Gasteiger partial charge in [0.2, 0.25) is 0 Å². The van der Waals surface area contributed by atoms with Crippen molar-refractivity contribution < 1.29 is 19.3 Å². The Balaban J connectivity index is 2.70. The van der Waals surface area contributed by atoms with Gasteiger partial charge in [0.15, 0.2) is 0 Å². The summed E-state index contributed by atoms with van der Waals surface area (Å²) in [7, 11) is 0. The van der Waals surface area contributed by atoms with Crippen LogP contribution in [0.1, 0.15) is 54.9 Å². The molecule has 0 radical (unpaired) electrons. The van der Waals surface area contributed by atoms with E-state index in [1.54, 1.807) is 0 Å². The van der Waals surface area contributed by atoms with Gasteiger partial charge in [-0.15, -0.1) is 0 Å². The van der Waals surface area contributed by atoms with Gasteiger partial charge >= 0.3 is 0 Å². The van der Waals surface area contributed by atoms with Crippen LogP contribution in [0.25, 0.3) is 0 Å². The van der Waals surface area contributed by atoms with E-state index in [9.17, 15) is 5.11 Å². The van der Waals surface area contributed by atoms with E-state index in [2.05, 4.69) is 0 Å². The molecule has 0 aliphatic carbocycles. The van der Waals surface area contributed by atoms with Crippen molar-refractivity contribution in [3.63, 3.8) is 0 Å². The Morgan fingerprint density at radius 1 is 1.11 bits per heavy atom. The van der Waals surface area contributed by atoms with Crippen LogP contribution >= 0.6 is 0 Å². The molecule has 0 aromatic rings. The fourth-order valence-corrected chi connectivity index (χ4v) is 2.18. The molecule has 0 spiro atoms. The van der Waals surface area contributed by atoms with Gasteiger partial charge in [0.05, 0.1) is 30.0 Å². The van der Waals surface area contributed by atoms with E-state index in [-0.39, 0.29) is 29.5 Å². The average molecular weight is 274 g/mol. The van der Waals surface area contributed by atoms with E-state index in [1.807, 2.05) is 48.5 Å². The molecule has 1 aliphatic rings. The molecule has 1 heterocycles. The van der Waals surface area contributed by atoms with Crippen molar-refractivity contribution >= 4 is 0 Å². The second-order valence-electron chi connectivity index (χ2n) is 7.41. The quantitative estimate of drug-likeness (QED) is 0.859. The van der Waals surface area contributed by atoms with E-state index < -0.39 is 6.10 Å². The predicted molar refractivity (Wildman–Crippen MR) is 75.3 cm³/mol. The van der Waals surface area contributed by atoms with E-state index >= 15 is 0 Å². The molecule has 1 saturated heterocycles. The minimum Gasteiger partial charge on any atom is -0.390 e. The molecule has 0 amide bonds. The number of aliphatic hydroxyl groups is 1. The Labute approximate surface area is 117 Å². The normalized spacial score (nSPS) is 33.5. The Kier molecular flexibility index (Phi) is 5.41. The first-order valence-corrected chi connectivity index (χ1v) is 7.13. The molecule has 0 saturated carbocycles. The number of aliphatic hydroxyl groups excluding tert-OH is 1. The third kappa shape index (κ3) is 6.21. The van der Waals surface area contributed by atoms with Gasteiger partial charge < -0.3 is 19.3 Å². The molecule has 19 heavy (non-hydrogen) atoms.